The molecule has 0 aliphatic carbocycles. The number of nitrogens with zero attached hydrogens (tertiary/aromatic N) is 4. The summed E-state index contributed by atoms with van der Waals surface area (Å²) < 4.78 is 32.5. The summed E-state index contributed by atoms with van der Waals surface area (Å²) in [5.74, 6) is 1.46. The zero-order valence-corrected chi connectivity index (χ0v) is 17.4. The number of oxazole rings is 1. The van der Waals surface area contributed by atoms with E-state index >= 15 is 0 Å². The lowest BCUT2D eigenvalue weighted by atomic mass is 10.1. The van der Waals surface area contributed by atoms with E-state index in [2.05, 4.69) is 19.6 Å². The van der Waals surface area contributed by atoms with Crippen molar-refractivity contribution in [1.82, 2.24) is 15.1 Å². The summed E-state index contributed by atoms with van der Waals surface area (Å²) in [6.45, 7) is -0.297. The lowest BCUT2D eigenvalue weighted by molar-refractivity contribution is -0.712. The Kier molecular flexibility index (Phi) is 6.28. The highest BCUT2D eigenvalue weighted by Crippen LogP contribution is 2.30. The largest absolute Gasteiger partial charge is 0.756 e. The third kappa shape index (κ3) is 5.56. The first-order valence-corrected chi connectivity index (χ1v) is 10.8. The second-order valence-corrected chi connectivity index (χ2v) is 7.78. The molecule has 13 heteroatoms. The SMILES string of the molecule is Nc1c(-c2cc(Cc3ccc(OCc4ncco4)nc3)no2)ccc[n+]1COP(=O)([O-])O. The van der Waals surface area contributed by atoms with Crippen LogP contribution in [0.5, 0.6) is 5.88 Å². The summed E-state index contributed by atoms with van der Waals surface area (Å²) >= 11 is 0. The molecule has 0 aliphatic rings. The fourth-order valence-electron chi connectivity index (χ4n) is 2.81. The fraction of sp³-hybridized carbons (Fsp3) is 0.158. The summed E-state index contributed by atoms with van der Waals surface area (Å²) in [7, 11) is -4.88. The van der Waals surface area contributed by atoms with Gasteiger partial charge in [-0.3, -0.25) is 14.8 Å². The quantitative estimate of drug-likeness (QED) is 0.272. The third-order valence-corrected chi connectivity index (χ3v) is 4.75. The van der Waals surface area contributed by atoms with Crippen LogP contribution >= 0.6 is 7.82 Å². The smallest absolute Gasteiger partial charge is 0.285 e. The number of nitrogen functional groups attached to an aromatic ring is 1. The minimum atomic E-state index is -4.88. The van der Waals surface area contributed by atoms with Gasteiger partial charge in [-0.2, -0.15) is 0 Å². The Labute approximate surface area is 181 Å². The van der Waals surface area contributed by atoms with Crippen LogP contribution in [0.2, 0.25) is 0 Å². The molecule has 0 saturated heterocycles. The zero-order valence-electron chi connectivity index (χ0n) is 16.5. The van der Waals surface area contributed by atoms with Crippen molar-refractivity contribution >= 4 is 13.6 Å². The molecule has 4 aromatic heterocycles. The second-order valence-electron chi connectivity index (χ2n) is 6.58. The Morgan fingerprint density at radius 3 is 2.88 bits per heavy atom. The number of nitrogens with two attached hydrogens (primary N) is 1. The summed E-state index contributed by atoms with van der Waals surface area (Å²) in [4.78, 5) is 27.8. The molecule has 12 nitrogen and oxygen atoms in total. The first-order valence-electron chi connectivity index (χ1n) is 9.26. The maximum atomic E-state index is 10.8. The maximum Gasteiger partial charge on any atom is 0.285 e. The highest BCUT2D eigenvalue weighted by molar-refractivity contribution is 7.44. The third-order valence-electron chi connectivity index (χ3n) is 4.31. The van der Waals surface area contributed by atoms with Crippen LogP contribution in [-0.4, -0.2) is 20.0 Å². The van der Waals surface area contributed by atoms with Gasteiger partial charge in [-0.15, -0.1) is 0 Å². The maximum absolute atomic E-state index is 10.8. The lowest BCUT2D eigenvalue weighted by Gasteiger charge is -2.14. The van der Waals surface area contributed by atoms with Gasteiger partial charge in [-0.1, -0.05) is 11.2 Å². The van der Waals surface area contributed by atoms with Crippen molar-refractivity contribution < 1.29 is 37.1 Å². The Morgan fingerprint density at radius 2 is 2.16 bits per heavy atom. The lowest BCUT2D eigenvalue weighted by Crippen LogP contribution is -2.38. The van der Waals surface area contributed by atoms with Gasteiger partial charge < -0.3 is 23.5 Å². The van der Waals surface area contributed by atoms with Gasteiger partial charge in [0.2, 0.25) is 11.8 Å². The van der Waals surface area contributed by atoms with Crippen molar-refractivity contribution in [3.63, 3.8) is 0 Å². The van der Waals surface area contributed by atoms with Crippen molar-refractivity contribution in [2.75, 3.05) is 5.73 Å². The number of pyridine rings is 2. The molecular formula is C19H18N5O7P. The summed E-state index contributed by atoms with van der Waals surface area (Å²) in [5, 5.41) is 4.05. The van der Waals surface area contributed by atoms with Crippen molar-refractivity contribution in [1.29, 1.82) is 0 Å². The second kappa shape index (κ2) is 9.28. The molecule has 0 saturated carbocycles. The van der Waals surface area contributed by atoms with Gasteiger partial charge in [0.25, 0.3) is 13.6 Å². The average Bonchev–Trinajstić information content (AvgIpc) is 3.44. The van der Waals surface area contributed by atoms with Crippen LogP contribution < -0.4 is 19.9 Å². The van der Waals surface area contributed by atoms with E-state index in [1.165, 1.54) is 23.2 Å². The van der Waals surface area contributed by atoms with Gasteiger partial charge in [-0.05, 0) is 17.7 Å². The van der Waals surface area contributed by atoms with Crippen LogP contribution in [-0.2, 0) is 28.8 Å². The number of hydrogen-bond donors (Lipinski definition) is 2. The van der Waals surface area contributed by atoms with E-state index in [0.29, 0.717) is 35.2 Å². The van der Waals surface area contributed by atoms with Gasteiger partial charge in [0.15, 0.2) is 19.1 Å². The minimum Gasteiger partial charge on any atom is -0.756 e. The predicted octanol–water partition coefficient (Wildman–Crippen LogP) is 1.20. The van der Waals surface area contributed by atoms with Crippen LogP contribution in [0.25, 0.3) is 11.3 Å². The molecule has 3 N–H and O–H groups in total. The number of ether oxygens (including phenoxy) is 1. The van der Waals surface area contributed by atoms with Gasteiger partial charge >= 0.3 is 0 Å². The molecule has 1 atom stereocenters. The molecular weight excluding hydrogens is 441 g/mol. The molecule has 1 unspecified atom stereocenters. The number of phosphoric acid groups is 1. The molecule has 166 valence electrons. The normalized spacial score (nSPS) is 13.1. The van der Waals surface area contributed by atoms with Gasteiger partial charge in [0.1, 0.15) is 11.8 Å². The highest BCUT2D eigenvalue weighted by Gasteiger charge is 2.18. The molecule has 0 aliphatic heterocycles. The summed E-state index contributed by atoms with van der Waals surface area (Å²) in [5.41, 5.74) is 8.08. The minimum absolute atomic E-state index is 0.179. The van der Waals surface area contributed by atoms with Crippen LogP contribution in [0, 0.1) is 0 Å². The van der Waals surface area contributed by atoms with E-state index < -0.39 is 14.6 Å². The number of anilines is 1. The van der Waals surface area contributed by atoms with Crippen molar-refractivity contribution in [3.8, 4) is 17.2 Å². The van der Waals surface area contributed by atoms with Crippen molar-refractivity contribution in [3.05, 3.63) is 72.3 Å². The Morgan fingerprint density at radius 1 is 1.28 bits per heavy atom. The highest BCUT2D eigenvalue weighted by atomic mass is 31.2. The van der Waals surface area contributed by atoms with E-state index in [4.69, 9.17) is 24.3 Å². The standard InChI is InChI=1S/C19H18N5O7P/c20-19-15(2-1-6-24(19)12-30-32(25,26)27)16-9-14(23-31-16)8-13-3-4-17(22-10-13)29-11-18-21-5-7-28-18/h1-7,9-10,20H,8,11-12H2,(H2,25,26,27). The fourth-order valence-corrected chi connectivity index (χ4v) is 3.08. The van der Waals surface area contributed by atoms with Crippen molar-refractivity contribution in [2.24, 2.45) is 0 Å². The molecule has 0 aromatic carbocycles. The average molecular weight is 459 g/mol. The van der Waals surface area contributed by atoms with E-state index in [1.807, 2.05) is 6.07 Å². The summed E-state index contributed by atoms with van der Waals surface area (Å²) in [6.07, 6.45) is 6.63. The number of aromatic nitrogens is 4. The van der Waals surface area contributed by atoms with Crippen LogP contribution in [0.1, 0.15) is 17.1 Å². The molecule has 0 fully saturated rings. The van der Waals surface area contributed by atoms with E-state index in [1.54, 1.807) is 30.5 Å². The molecule has 32 heavy (non-hydrogen) atoms. The zero-order chi connectivity index (χ0) is 22.6. The molecule has 4 aromatic rings. The van der Waals surface area contributed by atoms with E-state index in [9.17, 15) is 9.46 Å². The van der Waals surface area contributed by atoms with Crippen LogP contribution in [0.3, 0.4) is 0 Å². The monoisotopic (exact) mass is 459 g/mol. The van der Waals surface area contributed by atoms with Gasteiger partial charge in [0, 0.05) is 24.8 Å². The van der Waals surface area contributed by atoms with Crippen LogP contribution in [0.15, 0.2) is 64.1 Å². The molecule has 0 spiro atoms. The Bertz CT molecular complexity index is 1220. The predicted molar refractivity (Wildman–Crippen MR) is 105 cm³/mol. The first kappa shape index (κ1) is 21.7. The van der Waals surface area contributed by atoms with Gasteiger partial charge in [0.05, 0.1) is 18.1 Å². The Hall–Kier alpha value is -3.57. The number of phosphoric ester groups is 1. The number of hydrogen-bond acceptors (Lipinski definition) is 10. The van der Waals surface area contributed by atoms with E-state index in [0.717, 1.165) is 5.56 Å². The molecule has 0 radical (unpaired) electrons. The summed E-state index contributed by atoms with van der Waals surface area (Å²) in [6, 6.07) is 8.62. The Balaban J connectivity index is 1.41. The topological polar surface area (TPSA) is 174 Å². The first-order chi connectivity index (χ1) is 15.4. The molecule has 0 amide bonds. The van der Waals surface area contributed by atoms with Crippen LogP contribution in [0.4, 0.5) is 5.82 Å². The molecule has 0 bridgehead atoms. The number of rotatable bonds is 9. The van der Waals surface area contributed by atoms with Gasteiger partial charge in [-0.25, -0.2) is 14.5 Å². The molecule has 4 rings (SSSR count). The van der Waals surface area contributed by atoms with E-state index in [-0.39, 0.29) is 12.4 Å². The molecule has 4 heterocycles. The van der Waals surface area contributed by atoms with Crippen molar-refractivity contribution in [2.45, 2.75) is 19.8 Å².